The monoisotopic (exact) mass is 597 g/mol. The minimum atomic E-state index is -4.61. The number of rotatable bonds is 6. The predicted octanol–water partition coefficient (Wildman–Crippen LogP) is 4.37. The van der Waals surface area contributed by atoms with Crippen LogP contribution in [0.25, 0.3) is 0 Å². The van der Waals surface area contributed by atoms with E-state index in [4.69, 9.17) is 9.47 Å². The summed E-state index contributed by atoms with van der Waals surface area (Å²) in [6.07, 6.45) is -6.16. The first-order valence-corrected chi connectivity index (χ1v) is 12.9. The molecule has 2 N–H and O–H groups in total. The smallest absolute Gasteiger partial charge is 0.414 e. The summed E-state index contributed by atoms with van der Waals surface area (Å²) in [5.74, 6) is -2.26. The average molecular weight is 598 g/mol. The molecule has 0 saturated carbocycles. The molecule has 2 aliphatic rings. The third kappa shape index (κ3) is 6.27. The lowest BCUT2D eigenvalue weighted by molar-refractivity contribution is -0.249. The van der Waals surface area contributed by atoms with E-state index in [1.165, 1.54) is 11.4 Å². The Morgan fingerprint density at radius 1 is 1.10 bits per heavy atom. The molecule has 0 bridgehead atoms. The highest BCUT2D eigenvalue weighted by molar-refractivity contribution is 7.10. The Balaban J connectivity index is 1.39. The van der Waals surface area contributed by atoms with Gasteiger partial charge in [-0.15, -0.1) is 11.3 Å². The van der Waals surface area contributed by atoms with Gasteiger partial charge in [0.25, 0.3) is 17.8 Å². The first-order valence-electron chi connectivity index (χ1n) is 12.0. The lowest BCUT2D eigenvalue weighted by Gasteiger charge is -2.45. The fraction of sp³-hybridized carbons (Fsp3) is 0.320. The molecule has 2 aliphatic heterocycles. The number of carbonyl (C=O) groups is 2. The van der Waals surface area contributed by atoms with Crippen LogP contribution >= 0.6 is 11.3 Å². The quantitative estimate of drug-likeness (QED) is 0.405. The summed E-state index contributed by atoms with van der Waals surface area (Å²) in [5.41, 5.74) is -1.26. The molecule has 1 fully saturated rings. The summed E-state index contributed by atoms with van der Waals surface area (Å²) >= 11 is 1.02. The van der Waals surface area contributed by atoms with Gasteiger partial charge in [0.05, 0.1) is 19.4 Å². The highest BCUT2D eigenvalue weighted by Crippen LogP contribution is 2.47. The number of nitrogens with zero attached hydrogens (tertiary/aromatic N) is 3. The molecule has 3 atom stereocenters. The highest BCUT2D eigenvalue weighted by atomic mass is 32.1. The number of fused-ring (bicyclic) bond motifs is 1. The van der Waals surface area contributed by atoms with E-state index in [1.807, 2.05) is 0 Å². The van der Waals surface area contributed by atoms with Gasteiger partial charge in [0.1, 0.15) is 27.8 Å². The Bertz CT molecular complexity index is 1440. The Hall–Kier alpha value is -4.18. The number of hydrogen-bond donors (Lipinski definition) is 2. The Morgan fingerprint density at radius 2 is 1.88 bits per heavy atom. The van der Waals surface area contributed by atoms with Crippen molar-refractivity contribution in [1.82, 2.24) is 15.3 Å². The number of amides is 2. The number of nitrogens with one attached hydrogen (secondary N) is 2. The van der Waals surface area contributed by atoms with Gasteiger partial charge in [-0.2, -0.15) is 22.0 Å². The molecule has 3 unspecified atom stereocenters. The van der Waals surface area contributed by atoms with Crippen molar-refractivity contribution in [2.24, 2.45) is 10.9 Å². The number of benzene rings is 1. The zero-order valence-corrected chi connectivity index (χ0v) is 21.5. The minimum Gasteiger partial charge on any atom is -0.465 e. The Labute approximate surface area is 232 Å². The fourth-order valence-corrected chi connectivity index (χ4v) is 5.28. The second-order valence-electron chi connectivity index (χ2n) is 9.00. The van der Waals surface area contributed by atoms with E-state index in [1.54, 1.807) is 30.3 Å². The number of carbonyl (C=O) groups excluding carboxylic acids is 2. The van der Waals surface area contributed by atoms with Crippen molar-refractivity contribution in [3.63, 3.8) is 0 Å². The number of thiazole rings is 1. The zero-order chi connectivity index (χ0) is 29.2. The first kappa shape index (κ1) is 28.4. The van der Waals surface area contributed by atoms with Gasteiger partial charge in [0.2, 0.25) is 0 Å². The van der Waals surface area contributed by atoms with Crippen LogP contribution in [0.3, 0.4) is 0 Å². The number of alkyl halides is 5. The van der Waals surface area contributed by atoms with Gasteiger partial charge < -0.3 is 19.5 Å². The van der Waals surface area contributed by atoms with Crippen LogP contribution < -0.4 is 15.4 Å². The Kier molecular flexibility index (Phi) is 7.86. The molecule has 4 heterocycles. The number of amidine groups is 1. The summed E-state index contributed by atoms with van der Waals surface area (Å²) in [6, 6.07) is 10.3. The van der Waals surface area contributed by atoms with Crippen LogP contribution in [0.1, 0.15) is 32.3 Å². The van der Waals surface area contributed by atoms with Gasteiger partial charge >= 0.3 is 12.8 Å². The van der Waals surface area contributed by atoms with Crippen molar-refractivity contribution >= 4 is 35.0 Å². The van der Waals surface area contributed by atoms with E-state index in [2.05, 4.69) is 30.3 Å². The standard InChI is InChI=1S/C25H20F5N5O5S/c26-22(27)40-15-6-7-16(31-9-15)20(37)32-18-11-41-21(33-18)24-12-39-17(25(28,29)30)8-14(24)10-38-23(35-24)34-19(36)13-4-2-1-3-5-13/h1-7,9,11,14,17,22H,8,10,12H2,(H,32,37)(H,34,35,36). The van der Waals surface area contributed by atoms with Crippen LogP contribution in [0, 0.1) is 5.92 Å². The van der Waals surface area contributed by atoms with E-state index in [-0.39, 0.29) is 34.9 Å². The van der Waals surface area contributed by atoms with Crippen molar-refractivity contribution < 1.29 is 45.8 Å². The number of anilines is 1. The maximum atomic E-state index is 13.5. The van der Waals surface area contributed by atoms with Crippen LogP contribution in [0.4, 0.5) is 27.8 Å². The topological polar surface area (TPSA) is 124 Å². The molecular weight excluding hydrogens is 577 g/mol. The summed E-state index contributed by atoms with van der Waals surface area (Å²) in [5, 5.41) is 6.72. The van der Waals surface area contributed by atoms with Gasteiger partial charge in [-0.25, -0.2) is 15.0 Å². The molecule has 41 heavy (non-hydrogen) atoms. The zero-order valence-electron chi connectivity index (χ0n) is 20.7. The number of pyridine rings is 1. The second-order valence-corrected chi connectivity index (χ2v) is 9.85. The fourth-order valence-electron chi connectivity index (χ4n) is 4.32. The van der Waals surface area contributed by atoms with Crippen LogP contribution in [0.5, 0.6) is 5.75 Å². The summed E-state index contributed by atoms with van der Waals surface area (Å²) in [6.45, 7) is -3.77. The SMILES string of the molecule is O=C(NC1=NC2(c3nc(NC(=O)c4ccc(OC(F)F)cn4)cs3)COC(C(F)(F)F)CC2CO1)c1ccccc1. The van der Waals surface area contributed by atoms with E-state index in [0.717, 1.165) is 23.6 Å². The molecule has 0 spiro atoms. The first-order chi connectivity index (χ1) is 19.5. The number of hydrogen-bond acceptors (Lipinski definition) is 9. The largest absolute Gasteiger partial charge is 0.465 e. The molecule has 10 nitrogen and oxygen atoms in total. The van der Waals surface area contributed by atoms with Gasteiger partial charge in [-0.3, -0.25) is 14.9 Å². The second kappa shape index (κ2) is 11.4. The Morgan fingerprint density at radius 3 is 2.56 bits per heavy atom. The van der Waals surface area contributed by atoms with E-state index in [0.29, 0.717) is 5.56 Å². The molecule has 5 rings (SSSR count). The lowest BCUT2D eigenvalue weighted by atomic mass is 9.79. The maximum Gasteiger partial charge on any atom is 0.414 e. The summed E-state index contributed by atoms with van der Waals surface area (Å²) in [7, 11) is 0. The van der Waals surface area contributed by atoms with Crippen molar-refractivity contribution in [2.45, 2.75) is 30.9 Å². The molecule has 2 aromatic heterocycles. The van der Waals surface area contributed by atoms with Gasteiger partial charge in [-0.05, 0) is 30.7 Å². The van der Waals surface area contributed by atoms with Crippen molar-refractivity contribution in [3.8, 4) is 5.75 Å². The molecule has 16 heteroatoms. The molecule has 1 saturated heterocycles. The number of aromatic nitrogens is 2. The van der Waals surface area contributed by atoms with Crippen molar-refractivity contribution in [3.05, 3.63) is 70.3 Å². The summed E-state index contributed by atoms with van der Waals surface area (Å²) < 4.78 is 80.1. The van der Waals surface area contributed by atoms with Crippen LogP contribution in [-0.2, 0) is 15.0 Å². The summed E-state index contributed by atoms with van der Waals surface area (Å²) in [4.78, 5) is 38.0. The molecule has 1 aromatic carbocycles. The van der Waals surface area contributed by atoms with Crippen LogP contribution in [0.15, 0.2) is 59.0 Å². The van der Waals surface area contributed by atoms with Crippen molar-refractivity contribution in [2.75, 3.05) is 18.5 Å². The van der Waals surface area contributed by atoms with Crippen molar-refractivity contribution in [1.29, 1.82) is 0 Å². The molecular formula is C25H20F5N5O5S. The predicted molar refractivity (Wildman–Crippen MR) is 134 cm³/mol. The highest BCUT2D eigenvalue weighted by Gasteiger charge is 2.56. The van der Waals surface area contributed by atoms with E-state index < -0.39 is 55.2 Å². The molecule has 3 aromatic rings. The lowest BCUT2D eigenvalue weighted by Crippen LogP contribution is -2.55. The normalized spacial score (nSPS) is 22.2. The van der Waals surface area contributed by atoms with Gasteiger partial charge in [0.15, 0.2) is 6.10 Å². The van der Waals surface area contributed by atoms with Gasteiger partial charge in [0, 0.05) is 16.9 Å². The average Bonchev–Trinajstić information content (AvgIpc) is 3.42. The molecule has 0 radical (unpaired) electrons. The number of halogens is 5. The minimum absolute atomic E-state index is 0.0485. The van der Waals surface area contributed by atoms with Crippen LogP contribution in [-0.4, -0.2) is 59.9 Å². The van der Waals surface area contributed by atoms with Gasteiger partial charge in [-0.1, -0.05) is 18.2 Å². The molecule has 216 valence electrons. The molecule has 0 aliphatic carbocycles. The van der Waals surface area contributed by atoms with Crippen LogP contribution in [0.2, 0.25) is 0 Å². The number of aliphatic imine (C=N–C) groups is 1. The van der Waals surface area contributed by atoms with E-state index in [9.17, 15) is 31.5 Å². The third-order valence-electron chi connectivity index (χ3n) is 6.33. The van der Waals surface area contributed by atoms with E-state index >= 15 is 0 Å². The third-order valence-corrected chi connectivity index (χ3v) is 7.34. The maximum absolute atomic E-state index is 13.5. The number of ether oxygens (including phenoxy) is 3. The molecule has 2 amide bonds.